The van der Waals surface area contributed by atoms with Gasteiger partial charge in [0.1, 0.15) is 17.2 Å². The average Bonchev–Trinajstić information content (AvgIpc) is 2.76. The smallest absolute Gasteiger partial charge is 0.345 e. The molecule has 94 valence electrons. The van der Waals surface area contributed by atoms with Gasteiger partial charge in [-0.3, -0.25) is 0 Å². The molecular formula is C13H11ClO3S. The van der Waals surface area contributed by atoms with Gasteiger partial charge in [0.05, 0.1) is 0 Å². The first-order valence-corrected chi connectivity index (χ1v) is 6.51. The van der Waals surface area contributed by atoms with E-state index in [1.54, 1.807) is 17.5 Å². The van der Waals surface area contributed by atoms with E-state index in [0.717, 1.165) is 16.9 Å². The maximum Gasteiger partial charge on any atom is 0.345 e. The van der Waals surface area contributed by atoms with E-state index >= 15 is 0 Å². The maximum atomic E-state index is 10.7. The lowest BCUT2D eigenvalue weighted by Gasteiger charge is -2.08. The molecule has 1 aromatic carbocycles. The SMILES string of the molecule is Cc1cc(Cl)ccc1OCc1csc(C(=O)O)c1. The standard InChI is InChI=1S/C13H11ClO3S/c1-8-4-10(14)2-3-11(8)17-6-9-5-12(13(15)16)18-7-9/h2-5,7H,6H2,1H3,(H,15,16). The van der Waals surface area contributed by atoms with Gasteiger partial charge in [0.2, 0.25) is 0 Å². The number of carboxylic acids is 1. The van der Waals surface area contributed by atoms with Gasteiger partial charge in [0, 0.05) is 10.6 Å². The van der Waals surface area contributed by atoms with Gasteiger partial charge < -0.3 is 9.84 Å². The molecule has 0 aliphatic carbocycles. The van der Waals surface area contributed by atoms with Gasteiger partial charge in [-0.25, -0.2) is 4.79 Å². The summed E-state index contributed by atoms with van der Waals surface area (Å²) in [5.41, 5.74) is 1.81. The summed E-state index contributed by atoms with van der Waals surface area (Å²) >= 11 is 7.05. The van der Waals surface area contributed by atoms with Crippen LogP contribution in [-0.2, 0) is 6.61 Å². The number of aromatic carboxylic acids is 1. The zero-order valence-corrected chi connectivity index (χ0v) is 11.2. The molecule has 0 aliphatic heterocycles. The summed E-state index contributed by atoms with van der Waals surface area (Å²) in [6, 6.07) is 7.02. The first kappa shape index (κ1) is 12.9. The van der Waals surface area contributed by atoms with Crippen molar-refractivity contribution in [3.05, 3.63) is 50.7 Å². The van der Waals surface area contributed by atoms with Gasteiger partial charge in [-0.1, -0.05) is 11.6 Å². The molecule has 1 aromatic heterocycles. The molecule has 1 heterocycles. The van der Waals surface area contributed by atoms with E-state index in [2.05, 4.69) is 0 Å². The molecule has 0 spiro atoms. The van der Waals surface area contributed by atoms with Crippen molar-refractivity contribution in [2.45, 2.75) is 13.5 Å². The van der Waals surface area contributed by atoms with Crippen molar-refractivity contribution >= 4 is 28.9 Å². The molecule has 2 aromatic rings. The number of ether oxygens (including phenoxy) is 1. The van der Waals surface area contributed by atoms with Gasteiger partial charge in [-0.15, -0.1) is 11.3 Å². The van der Waals surface area contributed by atoms with Crippen LogP contribution >= 0.6 is 22.9 Å². The van der Waals surface area contributed by atoms with E-state index in [0.29, 0.717) is 16.5 Å². The molecule has 0 atom stereocenters. The van der Waals surface area contributed by atoms with Crippen LogP contribution in [-0.4, -0.2) is 11.1 Å². The number of hydrogen-bond acceptors (Lipinski definition) is 3. The Morgan fingerprint density at radius 1 is 1.44 bits per heavy atom. The summed E-state index contributed by atoms with van der Waals surface area (Å²) in [6.07, 6.45) is 0. The molecule has 0 radical (unpaired) electrons. The van der Waals surface area contributed by atoms with E-state index in [1.165, 1.54) is 11.3 Å². The third kappa shape index (κ3) is 3.03. The van der Waals surface area contributed by atoms with Crippen molar-refractivity contribution in [3.8, 4) is 5.75 Å². The molecule has 0 saturated heterocycles. The van der Waals surface area contributed by atoms with E-state index in [4.69, 9.17) is 21.4 Å². The maximum absolute atomic E-state index is 10.7. The van der Waals surface area contributed by atoms with Crippen molar-refractivity contribution in [1.29, 1.82) is 0 Å². The zero-order valence-electron chi connectivity index (χ0n) is 9.64. The summed E-state index contributed by atoms with van der Waals surface area (Å²) in [5, 5.41) is 11.3. The van der Waals surface area contributed by atoms with E-state index < -0.39 is 5.97 Å². The van der Waals surface area contributed by atoms with E-state index in [-0.39, 0.29) is 0 Å². The Bertz CT molecular complexity index is 577. The number of halogens is 1. The Labute approximate surface area is 114 Å². The van der Waals surface area contributed by atoms with Crippen molar-refractivity contribution in [3.63, 3.8) is 0 Å². The van der Waals surface area contributed by atoms with Crippen LogP contribution in [0.4, 0.5) is 0 Å². The molecular weight excluding hydrogens is 272 g/mol. The van der Waals surface area contributed by atoms with Crippen molar-refractivity contribution < 1.29 is 14.6 Å². The summed E-state index contributed by atoms with van der Waals surface area (Å²) in [6.45, 7) is 2.27. The number of thiophene rings is 1. The highest BCUT2D eigenvalue weighted by Crippen LogP contribution is 2.23. The number of aryl methyl sites for hydroxylation is 1. The highest BCUT2D eigenvalue weighted by atomic mass is 35.5. The van der Waals surface area contributed by atoms with Gasteiger partial charge in [0.25, 0.3) is 0 Å². The Kier molecular flexibility index (Phi) is 3.89. The van der Waals surface area contributed by atoms with Crippen LogP contribution in [0.2, 0.25) is 5.02 Å². The Hall–Kier alpha value is -1.52. The first-order valence-electron chi connectivity index (χ1n) is 5.26. The second-order valence-corrected chi connectivity index (χ2v) is 5.17. The minimum absolute atomic E-state index is 0.321. The van der Waals surface area contributed by atoms with Crippen LogP contribution in [0, 0.1) is 6.92 Å². The minimum atomic E-state index is -0.908. The highest BCUT2D eigenvalue weighted by molar-refractivity contribution is 7.12. The van der Waals surface area contributed by atoms with E-state index in [9.17, 15) is 4.79 Å². The molecule has 0 amide bonds. The fourth-order valence-corrected chi connectivity index (χ4v) is 2.46. The predicted octanol–water partition coefficient (Wildman–Crippen LogP) is 3.99. The second kappa shape index (κ2) is 5.42. The number of carboxylic acid groups (broad SMARTS) is 1. The largest absolute Gasteiger partial charge is 0.489 e. The third-order valence-electron chi connectivity index (χ3n) is 2.40. The van der Waals surface area contributed by atoms with Crippen molar-refractivity contribution in [1.82, 2.24) is 0 Å². The molecule has 0 saturated carbocycles. The molecule has 2 rings (SSSR count). The van der Waals surface area contributed by atoms with Crippen LogP contribution in [0.1, 0.15) is 20.8 Å². The summed E-state index contributed by atoms with van der Waals surface area (Å²) in [5.74, 6) is -0.156. The van der Waals surface area contributed by atoms with Crippen LogP contribution in [0.15, 0.2) is 29.6 Å². The summed E-state index contributed by atoms with van der Waals surface area (Å²) in [4.78, 5) is 11.1. The number of rotatable bonds is 4. The fourth-order valence-electron chi connectivity index (χ4n) is 1.50. The number of hydrogen-bond donors (Lipinski definition) is 1. The van der Waals surface area contributed by atoms with Crippen LogP contribution in [0.25, 0.3) is 0 Å². The Balaban J connectivity index is 2.04. The summed E-state index contributed by atoms with van der Waals surface area (Å²) in [7, 11) is 0. The Morgan fingerprint density at radius 2 is 2.22 bits per heavy atom. The lowest BCUT2D eigenvalue weighted by atomic mass is 10.2. The van der Waals surface area contributed by atoms with E-state index in [1.807, 2.05) is 19.1 Å². The number of carbonyl (C=O) groups is 1. The molecule has 3 nitrogen and oxygen atoms in total. The van der Waals surface area contributed by atoms with Crippen LogP contribution in [0.3, 0.4) is 0 Å². The third-order valence-corrected chi connectivity index (χ3v) is 3.60. The number of benzene rings is 1. The summed E-state index contributed by atoms with van der Waals surface area (Å²) < 4.78 is 5.63. The molecule has 0 unspecified atom stereocenters. The Morgan fingerprint density at radius 3 is 2.83 bits per heavy atom. The molecule has 0 fully saturated rings. The van der Waals surface area contributed by atoms with Gasteiger partial charge >= 0.3 is 5.97 Å². The lowest BCUT2D eigenvalue weighted by molar-refractivity contribution is 0.0702. The van der Waals surface area contributed by atoms with Gasteiger partial charge in [0.15, 0.2) is 0 Å². The van der Waals surface area contributed by atoms with Crippen LogP contribution in [0.5, 0.6) is 5.75 Å². The van der Waals surface area contributed by atoms with Crippen molar-refractivity contribution in [2.24, 2.45) is 0 Å². The van der Waals surface area contributed by atoms with Crippen LogP contribution < -0.4 is 4.74 Å². The second-order valence-electron chi connectivity index (χ2n) is 3.82. The monoisotopic (exact) mass is 282 g/mol. The van der Waals surface area contributed by atoms with Gasteiger partial charge in [-0.05, 0) is 42.1 Å². The zero-order chi connectivity index (χ0) is 13.1. The first-order chi connectivity index (χ1) is 8.56. The lowest BCUT2D eigenvalue weighted by Crippen LogP contribution is -1.96. The molecule has 5 heteroatoms. The normalized spacial score (nSPS) is 10.3. The molecule has 1 N–H and O–H groups in total. The molecule has 0 bridgehead atoms. The van der Waals surface area contributed by atoms with Gasteiger partial charge in [-0.2, -0.15) is 0 Å². The fraction of sp³-hybridized carbons (Fsp3) is 0.154. The average molecular weight is 283 g/mol. The topological polar surface area (TPSA) is 46.5 Å². The minimum Gasteiger partial charge on any atom is -0.489 e. The molecule has 0 aliphatic rings. The predicted molar refractivity (Wildman–Crippen MR) is 71.8 cm³/mol. The van der Waals surface area contributed by atoms with Crippen molar-refractivity contribution in [2.75, 3.05) is 0 Å². The quantitative estimate of drug-likeness (QED) is 0.922. The molecule has 18 heavy (non-hydrogen) atoms. The highest BCUT2D eigenvalue weighted by Gasteiger charge is 2.07.